The van der Waals surface area contributed by atoms with Crippen LogP contribution in [0.25, 0.3) is 10.8 Å². The van der Waals surface area contributed by atoms with Gasteiger partial charge in [-0.25, -0.2) is 13.2 Å². The Morgan fingerprint density at radius 2 is 1.80 bits per heavy atom. The van der Waals surface area contributed by atoms with Crippen LogP contribution < -0.4 is 0 Å². The fourth-order valence-electron chi connectivity index (χ4n) is 2.35. The Balaban J connectivity index is 2.21. The number of ether oxygens (including phenoxy) is 1. The average Bonchev–Trinajstić information content (AvgIpc) is 3.07. The van der Waals surface area contributed by atoms with Crippen molar-refractivity contribution in [3.05, 3.63) is 63.5 Å². The molecular weight excluding hydrogens is 366 g/mol. The SMILES string of the molecule is COC(=O)c1sc([N+](=O)[O-])cc1S(=O)(=O)c1ccc2ccccc2c1. The molecule has 0 N–H and O–H groups in total. The molecule has 2 aromatic carbocycles. The Morgan fingerprint density at radius 3 is 2.44 bits per heavy atom. The first-order chi connectivity index (χ1) is 11.8. The molecule has 0 aliphatic rings. The highest BCUT2D eigenvalue weighted by Gasteiger charge is 2.31. The van der Waals surface area contributed by atoms with E-state index in [1.54, 1.807) is 18.2 Å². The van der Waals surface area contributed by atoms with Gasteiger partial charge in [-0.1, -0.05) is 41.7 Å². The molecule has 0 saturated heterocycles. The lowest BCUT2D eigenvalue weighted by molar-refractivity contribution is -0.380. The second-order valence-corrected chi connectivity index (χ2v) is 7.99. The van der Waals surface area contributed by atoms with Crippen LogP contribution in [0.4, 0.5) is 5.00 Å². The lowest BCUT2D eigenvalue weighted by Crippen LogP contribution is -2.08. The number of hydrogen-bond donors (Lipinski definition) is 0. The van der Waals surface area contributed by atoms with E-state index in [0.29, 0.717) is 16.7 Å². The number of rotatable bonds is 4. The molecule has 0 spiro atoms. The van der Waals surface area contributed by atoms with Crippen LogP contribution >= 0.6 is 11.3 Å². The number of esters is 1. The third kappa shape index (κ3) is 2.99. The van der Waals surface area contributed by atoms with E-state index in [1.165, 1.54) is 12.1 Å². The molecule has 0 amide bonds. The molecule has 0 aliphatic carbocycles. The third-order valence-corrected chi connectivity index (χ3v) is 6.53. The van der Waals surface area contributed by atoms with Gasteiger partial charge in [-0.2, -0.15) is 0 Å². The van der Waals surface area contributed by atoms with Crippen molar-refractivity contribution in [3.63, 3.8) is 0 Å². The van der Waals surface area contributed by atoms with Crippen LogP contribution in [0.15, 0.2) is 58.3 Å². The van der Waals surface area contributed by atoms with Crippen molar-refractivity contribution in [1.29, 1.82) is 0 Å². The Bertz CT molecular complexity index is 1100. The predicted molar refractivity (Wildman–Crippen MR) is 91.7 cm³/mol. The highest BCUT2D eigenvalue weighted by Crippen LogP contribution is 2.36. The van der Waals surface area contributed by atoms with Gasteiger partial charge in [0.2, 0.25) is 9.84 Å². The molecule has 0 unspecified atom stereocenters. The van der Waals surface area contributed by atoms with Gasteiger partial charge < -0.3 is 4.74 Å². The highest BCUT2D eigenvalue weighted by molar-refractivity contribution is 7.91. The minimum absolute atomic E-state index is 0.0518. The Morgan fingerprint density at radius 1 is 1.12 bits per heavy atom. The summed E-state index contributed by atoms with van der Waals surface area (Å²) >= 11 is 0.473. The molecule has 128 valence electrons. The van der Waals surface area contributed by atoms with E-state index in [-0.39, 0.29) is 9.77 Å². The van der Waals surface area contributed by atoms with E-state index in [2.05, 4.69) is 4.74 Å². The first kappa shape index (κ1) is 17.1. The zero-order valence-corrected chi connectivity index (χ0v) is 14.5. The molecule has 1 heterocycles. The number of methoxy groups -OCH3 is 1. The Labute approximate surface area is 146 Å². The molecule has 25 heavy (non-hydrogen) atoms. The molecule has 9 heteroatoms. The van der Waals surface area contributed by atoms with E-state index >= 15 is 0 Å². The second kappa shape index (κ2) is 6.26. The quantitative estimate of drug-likeness (QED) is 0.392. The number of carbonyl (C=O) groups excluding carboxylic acids is 1. The molecule has 3 rings (SSSR count). The summed E-state index contributed by atoms with van der Waals surface area (Å²) in [6.45, 7) is 0. The summed E-state index contributed by atoms with van der Waals surface area (Å²) in [5.74, 6) is -0.933. The number of sulfone groups is 1. The lowest BCUT2D eigenvalue weighted by Gasteiger charge is -2.06. The van der Waals surface area contributed by atoms with Crippen LogP contribution in [0.2, 0.25) is 0 Å². The van der Waals surface area contributed by atoms with Crippen molar-refractivity contribution in [3.8, 4) is 0 Å². The zero-order valence-electron chi connectivity index (χ0n) is 12.8. The topological polar surface area (TPSA) is 104 Å². The molecule has 0 aliphatic heterocycles. The van der Waals surface area contributed by atoms with E-state index in [1.807, 2.05) is 12.1 Å². The van der Waals surface area contributed by atoms with Crippen molar-refractivity contribution in [2.75, 3.05) is 7.11 Å². The maximum absolute atomic E-state index is 12.9. The first-order valence-electron chi connectivity index (χ1n) is 6.95. The summed E-state index contributed by atoms with van der Waals surface area (Å²) in [7, 11) is -3.04. The monoisotopic (exact) mass is 377 g/mol. The van der Waals surface area contributed by atoms with Crippen LogP contribution in [0, 0.1) is 10.1 Å². The number of thiophene rings is 1. The Hall–Kier alpha value is -2.78. The number of carbonyl (C=O) groups is 1. The van der Waals surface area contributed by atoms with Crippen LogP contribution in [-0.4, -0.2) is 26.4 Å². The minimum Gasteiger partial charge on any atom is -0.465 e. The summed E-state index contributed by atoms with van der Waals surface area (Å²) in [4.78, 5) is 21.3. The molecule has 0 bridgehead atoms. The van der Waals surface area contributed by atoms with Gasteiger partial charge >= 0.3 is 11.0 Å². The highest BCUT2D eigenvalue weighted by atomic mass is 32.2. The molecule has 3 aromatic rings. The fourth-order valence-corrected chi connectivity index (χ4v) is 5.04. The summed E-state index contributed by atoms with van der Waals surface area (Å²) in [6, 6.07) is 12.6. The second-order valence-electron chi connectivity index (χ2n) is 5.04. The van der Waals surface area contributed by atoms with Crippen molar-refractivity contribution in [2.45, 2.75) is 9.79 Å². The van der Waals surface area contributed by atoms with Gasteiger partial charge in [0, 0.05) is 6.07 Å². The van der Waals surface area contributed by atoms with Gasteiger partial charge in [0.15, 0.2) is 0 Å². The summed E-state index contributed by atoms with van der Waals surface area (Å²) in [5.41, 5.74) is 0. The van der Waals surface area contributed by atoms with Gasteiger partial charge in [0.1, 0.15) is 9.77 Å². The Kier molecular flexibility index (Phi) is 4.27. The minimum atomic E-state index is -4.12. The van der Waals surface area contributed by atoms with Gasteiger partial charge in [-0.05, 0) is 22.9 Å². The van der Waals surface area contributed by atoms with Crippen molar-refractivity contribution in [1.82, 2.24) is 0 Å². The van der Waals surface area contributed by atoms with Crippen molar-refractivity contribution >= 4 is 42.9 Å². The molecule has 7 nitrogen and oxygen atoms in total. The summed E-state index contributed by atoms with van der Waals surface area (Å²) < 4.78 is 30.4. The van der Waals surface area contributed by atoms with E-state index < -0.39 is 30.6 Å². The van der Waals surface area contributed by atoms with E-state index in [0.717, 1.165) is 18.6 Å². The maximum atomic E-state index is 12.9. The van der Waals surface area contributed by atoms with Crippen LogP contribution in [0.5, 0.6) is 0 Å². The van der Waals surface area contributed by atoms with Crippen molar-refractivity contribution < 1.29 is 22.9 Å². The molecule has 0 radical (unpaired) electrons. The maximum Gasteiger partial charge on any atom is 0.349 e. The van der Waals surface area contributed by atoms with Gasteiger partial charge in [-0.3, -0.25) is 10.1 Å². The molecule has 0 fully saturated rings. The van der Waals surface area contributed by atoms with Crippen molar-refractivity contribution in [2.24, 2.45) is 0 Å². The average molecular weight is 377 g/mol. The van der Waals surface area contributed by atoms with Gasteiger partial charge in [0.05, 0.1) is 16.9 Å². The summed E-state index contributed by atoms with van der Waals surface area (Å²) in [5, 5.41) is 12.1. The van der Waals surface area contributed by atoms with Gasteiger partial charge in [-0.15, -0.1) is 0 Å². The standard InChI is InChI=1S/C16H11NO6S2/c1-23-16(18)15-13(9-14(24-15)17(19)20)25(21,22)12-7-6-10-4-2-3-5-11(10)8-12/h2-9H,1H3. The third-order valence-electron chi connectivity index (χ3n) is 3.56. The first-order valence-corrected chi connectivity index (χ1v) is 9.25. The number of hydrogen-bond acceptors (Lipinski definition) is 7. The predicted octanol–water partition coefficient (Wildman–Crippen LogP) is 3.43. The fraction of sp³-hybridized carbons (Fsp3) is 0.0625. The van der Waals surface area contributed by atoms with Crippen LogP contribution in [-0.2, 0) is 14.6 Å². The molecule has 0 atom stereocenters. The number of nitrogens with zero attached hydrogens (tertiary/aromatic N) is 1. The largest absolute Gasteiger partial charge is 0.465 e. The van der Waals surface area contributed by atoms with E-state index in [4.69, 9.17) is 0 Å². The molecule has 1 aromatic heterocycles. The molecular formula is C16H11NO6S2. The lowest BCUT2D eigenvalue weighted by atomic mass is 10.1. The van der Waals surface area contributed by atoms with E-state index in [9.17, 15) is 23.3 Å². The number of fused-ring (bicyclic) bond motifs is 1. The smallest absolute Gasteiger partial charge is 0.349 e. The van der Waals surface area contributed by atoms with Crippen LogP contribution in [0.3, 0.4) is 0 Å². The normalized spacial score (nSPS) is 11.4. The number of nitro groups is 1. The van der Waals surface area contributed by atoms with Crippen LogP contribution in [0.1, 0.15) is 9.67 Å². The summed E-state index contributed by atoms with van der Waals surface area (Å²) in [6.07, 6.45) is 0. The zero-order chi connectivity index (χ0) is 18.2. The molecule has 0 saturated carbocycles. The van der Waals surface area contributed by atoms with Gasteiger partial charge in [0.25, 0.3) is 0 Å². The number of benzene rings is 2.